The summed E-state index contributed by atoms with van der Waals surface area (Å²) in [4.78, 5) is 11.4. The van der Waals surface area contributed by atoms with Crippen LogP contribution in [0.3, 0.4) is 0 Å². The number of rotatable bonds is 3. The van der Waals surface area contributed by atoms with Crippen LogP contribution in [0.4, 0.5) is 0 Å². The number of carbonyl (C=O) groups excluding carboxylic acids is 1. The van der Waals surface area contributed by atoms with Crippen LogP contribution in [0.5, 0.6) is 0 Å². The third-order valence-electron chi connectivity index (χ3n) is 3.14. The zero-order chi connectivity index (χ0) is 13.2. The van der Waals surface area contributed by atoms with Crippen LogP contribution in [0.25, 0.3) is 27.3 Å². The van der Waals surface area contributed by atoms with Crippen molar-refractivity contribution in [3.05, 3.63) is 66.1 Å². The minimum absolute atomic E-state index is 0.0713. The van der Waals surface area contributed by atoms with Crippen molar-refractivity contribution in [2.24, 2.45) is 0 Å². The fourth-order valence-electron chi connectivity index (χ4n) is 2.27. The van der Waals surface area contributed by atoms with Crippen molar-refractivity contribution < 1.29 is 4.79 Å². The number of fused-ring (bicyclic) bond motifs is 3. The maximum absolute atomic E-state index is 11.4. The van der Waals surface area contributed by atoms with E-state index >= 15 is 0 Å². The van der Waals surface area contributed by atoms with Gasteiger partial charge in [0.1, 0.15) is 0 Å². The molecule has 1 heterocycles. The summed E-state index contributed by atoms with van der Waals surface area (Å²) >= 11 is 1.73. The Labute approximate surface area is 115 Å². The lowest BCUT2D eigenvalue weighted by Gasteiger charge is -1.95. The number of ketones is 1. The summed E-state index contributed by atoms with van der Waals surface area (Å²) < 4.78 is 1.27. The third kappa shape index (κ3) is 2.00. The third-order valence-corrected chi connectivity index (χ3v) is 4.09. The maximum atomic E-state index is 11.4. The van der Waals surface area contributed by atoms with E-state index in [4.69, 9.17) is 0 Å². The number of carbonyl (C=O) groups is 1. The summed E-state index contributed by atoms with van der Waals surface area (Å²) in [5.41, 5.74) is 3.53. The molecule has 3 rings (SSSR count). The number of thiophene rings is 1. The monoisotopic (exact) mass is 264 g/mol. The van der Waals surface area contributed by atoms with Crippen LogP contribution in [-0.4, -0.2) is 5.78 Å². The molecular formula is C17H12OS. The van der Waals surface area contributed by atoms with Gasteiger partial charge in [-0.05, 0) is 40.8 Å². The molecule has 2 aliphatic carbocycles. The molecule has 1 nitrogen and oxygen atoms in total. The van der Waals surface area contributed by atoms with Gasteiger partial charge in [0, 0.05) is 15.6 Å². The number of hydrogen-bond donors (Lipinski definition) is 0. The molecule has 1 aromatic heterocycles. The van der Waals surface area contributed by atoms with Gasteiger partial charge in [-0.15, -0.1) is 11.3 Å². The zero-order valence-corrected chi connectivity index (χ0v) is 11.1. The summed E-state index contributed by atoms with van der Waals surface area (Å²) in [5.74, 6) is -0.0713. The van der Waals surface area contributed by atoms with Crippen molar-refractivity contribution >= 4 is 33.3 Å². The maximum Gasteiger partial charge on any atom is 0.178 e. The first kappa shape index (κ1) is 11.9. The van der Waals surface area contributed by atoms with Crippen LogP contribution < -0.4 is 0 Å². The van der Waals surface area contributed by atoms with Crippen molar-refractivity contribution in [2.45, 2.75) is 0 Å². The topological polar surface area (TPSA) is 17.1 Å². The van der Waals surface area contributed by atoms with E-state index in [-0.39, 0.29) is 5.78 Å². The second-order valence-electron chi connectivity index (χ2n) is 4.25. The van der Waals surface area contributed by atoms with Crippen LogP contribution >= 0.6 is 11.3 Å². The molecular weight excluding hydrogens is 252 g/mol. The van der Waals surface area contributed by atoms with Crippen LogP contribution in [0, 0.1) is 0 Å². The summed E-state index contributed by atoms with van der Waals surface area (Å²) in [5, 5.41) is 3.29. The van der Waals surface area contributed by atoms with Gasteiger partial charge in [0.15, 0.2) is 5.78 Å². The largest absolute Gasteiger partial charge is 0.290 e. The minimum atomic E-state index is -0.0713. The smallest absolute Gasteiger partial charge is 0.178 e. The van der Waals surface area contributed by atoms with Gasteiger partial charge in [0.2, 0.25) is 0 Å². The SMILES string of the molecule is C=CC(=O)/C=C/c1c2cccccc-2c2sccc12. The van der Waals surface area contributed by atoms with Gasteiger partial charge in [0.25, 0.3) is 0 Å². The summed E-state index contributed by atoms with van der Waals surface area (Å²) in [6, 6.07) is 12.4. The lowest BCUT2D eigenvalue weighted by atomic mass is 10.1. The first-order chi connectivity index (χ1) is 9.31. The molecule has 92 valence electrons. The van der Waals surface area contributed by atoms with E-state index in [0.717, 1.165) is 5.56 Å². The molecule has 0 spiro atoms. The highest BCUT2D eigenvalue weighted by Crippen LogP contribution is 2.42. The van der Waals surface area contributed by atoms with E-state index in [0.29, 0.717) is 0 Å². The second kappa shape index (κ2) is 4.82. The Bertz CT molecular complexity index is 764. The number of hydrogen-bond acceptors (Lipinski definition) is 2. The van der Waals surface area contributed by atoms with Gasteiger partial charge in [-0.2, -0.15) is 0 Å². The Morgan fingerprint density at radius 3 is 2.68 bits per heavy atom. The van der Waals surface area contributed by atoms with Gasteiger partial charge in [-0.3, -0.25) is 4.79 Å². The quantitative estimate of drug-likeness (QED) is 0.622. The predicted octanol–water partition coefficient (Wildman–Crippen LogP) is 4.77. The Hall–Kier alpha value is -2.19. The first-order valence-electron chi connectivity index (χ1n) is 6.03. The molecule has 0 aromatic carbocycles. The van der Waals surface area contributed by atoms with Crippen molar-refractivity contribution in [1.82, 2.24) is 0 Å². The minimum Gasteiger partial charge on any atom is -0.290 e. The standard InChI is InChI=1S/C17H12OS/c1-2-12(18)8-9-14-13-6-4-3-5-7-15(13)17-16(14)10-11-19-17/h2-11H,1H2/b9-8+. The lowest BCUT2D eigenvalue weighted by molar-refractivity contribution is -0.110. The van der Waals surface area contributed by atoms with Crippen LogP contribution in [-0.2, 0) is 4.79 Å². The van der Waals surface area contributed by atoms with Crippen LogP contribution in [0.15, 0.2) is 60.5 Å². The molecule has 0 aliphatic heterocycles. The predicted molar refractivity (Wildman–Crippen MR) is 82.7 cm³/mol. The normalized spacial score (nSPS) is 11.4. The highest BCUT2D eigenvalue weighted by atomic mass is 32.1. The van der Waals surface area contributed by atoms with E-state index in [1.807, 2.05) is 24.3 Å². The van der Waals surface area contributed by atoms with E-state index in [1.165, 1.54) is 27.3 Å². The molecule has 2 heteroatoms. The molecule has 0 N–H and O–H groups in total. The van der Waals surface area contributed by atoms with Crippen molar-refractivity contribution in [1.29, 1.82) is 0 Å². The Morgan fingerprint density at radius 1 is 1.11 bits per heavy atom. The Balaban J connectivity index is 2.27. The Kier molecular flexibility index (Phi) is 3.02. The zero-order valence-electron chi connectivity index (χ0n) is 10.3. The van der Waals surface area contributed by atoms with Crippen molar-refractivity contribution in [2.75, 3.05) is 0 Å². The second-order valence-corrected chi connectivity index (χ2v) is 5.17. The van der Waals surface area contributed by atoms with Gasteiger partial charge in [0.05, 0.1) is 0 Å². The summed E-state index contributed by atoms with van der Waals surface area (Å²) in [6.07, 6.45) is 4.79. The molecule has 1 aromatic rings. The average Bonchev–Trinajstić information content (AvgIpc) is 2.90. The average molecular weight is 264 g/mol. The highest BCUT2D eigenvalue weighted by molar-refractivity contribution is 7.18. The van der Waals surface area contributed by atoms with E-state index < -0.39 is 0 Å². The molecule has 0 saturated heterocycles. The Morgan fingerprint density at radius 2 is 1.89 bits per heavy atom. The lowest BCUT2D eigenvalue weighted by Crippen LogP contribution is -1.82. The van der Waals surface area contributed by atoms with Gasteiger partial charge in [-0.1, -0.05) is 36.9 Å². The molecule has 2 aliphatic rings. The van der Waals surface area contributed by atoms with Crippen molar-refractivity contribution in [3.63, 3.8) is 0 Å². The number of allylic oxidation sites excluding steroid dienone is 2. The van der Waals surface area contributed by atoms with Gasteiger partial charge < -0.3 is 0 Å². The summed E-state index contributed by atoms with van der Waals surface area (Å²) in [7, 11) is 0. The van der Waals surface area contributed by atoms with Crippen LogP contribution in [0.2, 0.25) is 0 Å². The van der Waals surface area contributed by atoms with E-state index in [2.05, 4.69) is 30.2 Å². The van der Waals surface area contributed by atoms with Gasteiger partial charge >= 0.3 is 0 Å². The molecule has 0 fully saturated rings. The molecule has 0 radical (unpaired) electrons. The molecule has 19 heavy (non-hydrogen) atoms. The molecule has 0 atom stereocenters. The molecule has 0 unspecified atom stereocenters. The molecule has 0 saturated carbocycles. The fourth-order valence-corrected chi connectivity index (χ4v) is 3.22. The van der Waals surface area contributed by atoms with Crippen molar-refractivity contribution in [3.8, 4) is 11.1 Å². The van der Waals surface area contributed by atoms with E-state index in [9.17, 15) is 4.79 Å². The van der Waals surface area contributed by atoms with Gasteiger partial charge in [-0.25, -0.2) is 0 Å². The fraction of sp³-hybridized carbons (Fsp3) is 0. The van der Waals surface area contributed by atoms with E-state index in [1.54, 1.807) is 17.4 Å². The molecule has 0 amide bonds. The summed E-state index contributed by atoms with van der Waals surface area (Å²) in [6.45, 7) is 3.49. The first-order valence-corrected chi connectivity index (χ1v) is 6.91. The molecule has 0 bridgehead atoms. The highest BCUT2D eigenvalue weighted by Gasteiger charge is 2.15. The van der Waals surface area contributed by atoms with Crippen LogP contribution in [0.1, 0.15) is 5.56 Å².